The maximum Gasteiger partial charge on any atom is 0.410 e. The Hall–Kier alpha value is -2.79. The van der Waals surface area contributed by atoms with Gasteiger partial charge in [0.2, 0.25) is 0 Å². The molecule has 0 fully saturated rings. The molecule has 0 atom stereocenters. The van der Waals surface area contributed by atoms with Crippen molar-refractivity contribution in [1.82, 2.24) is 4.90 Å². The molecule has 1 aliphatic carbocycles. The SMILES string of the molecule is O=C(OCC1c2ccccc2-c2ccccc21)N1CCOc2ccc(CBr)cc2C1. The maximum absolute atomic E-state index is 12.9. The van der Waals surface area contributed by atoms with E-state index in [1.807, 2.05) is 24.3 Å². The molecule has 152 valence electrons. The van der Waals surface area contributed by atoms with Crippen molar-refractivity contribution in [2.45, 2.75) is 17.8 Å². The fraction of sp³-hybridized carbons (Fsp3) is 0.240. The Balaban J connectivity index is 1.33. The van der Waals surface area contributed by atoms with Crippen LogP contribution in [0.3, 0.4) is 0 Å². The fourth-order valence-corrected chi connectivity index (χ4v) is 4.72. The summed E-state index contributed by atoms with van der Waals surface area (Å²) in [5, 5.41) is 0.769. The molecular formula is C25H22BrNO3. The van der Waals surface area contributed by atoms with Crippen molar-refractivity contribution in [3.63, 3.8) is 0 Å². The molecule has 0 radical (unpaired) electrons. The smallest absolute Gasteiger partial charge is 0.410 e. The van der Waals surface area contributed by atoms with Crippen LogP contribution in [0.2, 0.25) is 0 Å². The highest BCUT2D eigenvalue weighted by molar-refractivity contribution is 9.08. The van der Waals surface area contributed by atoms with Crippen molar-refractivity contribution >= 4 is 22.0 Å². The molecule has 0 unspecified atom stereocenters. The average Bonchev–Trinajstić information content (AvgIpc) is 2.95. The van der Waals surface area contributed by atoms with Crippen molar-refractivity contribution in [1.29, 1.82) is 0 Å². The van der Waals surface area contributed by atoms with E-state index in [0.29, 0.717) is 26.3 Å². The zero-order valence-electron chi connectivity index (χ0n) is 16.5. The first kappa shape index (κ1) is 19.2. The molecule has 0 bridgehead atoms. The summed E-state index contributed by atoms with van der Waals surface area (Å²) in [5.74, 6) is 0.908. The number of fused-ring (bicyclic) bond motifs is 4. The Kier molecular flexibility index (Phi) is 5.21. The van der Waals surface area contributed by atoms with Crippen molar-refractivity contribution < 1.29 is 14.3 Å². The van der Waals surface area contributed by atoms with Crippen LogP contribution in [0.25, 0.3) is 11.1 Å². The molecular weight excluding hydrogens is 442 g/mol. The number of rotatable bonds is 3. The first-order valence-corrected chi connectivity index (χ1v) is 11.3. The first-order chi connectivity index (χ1) is 14.7. The van der Waals surface area contributed by atoms with Gasteiger partial charge in [-0.25, -0.2) is 4.79 Å². The Morgan fingerprint density at radius 3 is 2.43 bits per heavy atom. The van der Waals surface area contributed by atoms with Gasteiger partial charge in [0.1, 0.15) is 19.0 Å². The average molecular weight is 464 g/mol. The molecule has 1 aliphatic heterocycles. The van der Waals surface area contributed by atoms with Crippen LogP contribution in [0.4, 0.5) is 4.79 Å². The molecule has 5 rings (SSSR count). The van der Waals surface area contributed by atoms with Gasteiger partial charge in [-0.1, -0.05) is 70.5 Å². The van der Waals surface area contributed by atoms with Gasteiger partial charge in [-0.2, -0.15) is 0 Å². The molecule has 2 aliphatic rings. The van der Waals surface area contributed by atoms with Crippen molar-refractivity contribution in [2.24, 2.45) is 0 Å². The molecule has 0 spiro atoms. The molecule has 4 nitrogen and oxygen atoms in total. The quantitative estimate of drug-likeness (QED) is 0.465. The standard InChI is InChI=1S/C25H22BrNO3/c26-14-17-9-10-24-18(13-17)15-27(11-12-29-24)25(28)30-16-23-21-7-3-1-5-19(21)20-6-2-4-8-22(20)23/h1-10,13,23H,11-12,14-16H2. The van der Waals surface area contributed by atoms with Crippen LogP contribution in [0, 0.1) is 0 Å². The lowest BCUT2D eigenvalue weighted by atomic mass is 9.98. The van der Waals surface area contributed by atoms with Gasteiger partial charge in [0.05, 0.1) is 13.1 Å². The Morgan fingerprint density at radius 1 is 1.03 bits per heavy atom. The zero-order chi connectivity index (χ0) is 20.5. The normalized spacial score (nSPS) is 14.9. The lowest BCUT2D eigenvalue weighted by molar-refractivity contribution is 0.0947. The highest BCUT2D eigenvalue weighted by Crippen LogP contribution is 2.44. The molecule has 30 heavy (non-hydrogen) atoms. The molecule has 1 amide bonds. The molecule has 5 heteroatoms. The third kappa shape index (κ3) is 3.47. The van der Waals surface area contributed by atoms with Crippen LogP contribution in [-0.2, 0) is 16.6 Å². The Labute approximate surface area is 184 Å². The summed E-state index contributed by atoms with van der Waals surface area (Å²) in [7, 11) is 0. The van der Waals surface area contributed by atoms with Crippen molar-refractivity contribution in [3.05, 3.63) is 89.0 Å². The summed E-state index contributed by atoms with van der Waals surface area (Å²) >= 11 is 3.49. The largest absolute Gasteiger partial charge is 0.491 e. The number of amides is 1. The van der Waals surface area contributed by atoms with Crippen molar-refractivity contribution in [3.8, 4) is 16.9 Å². The monoisotopic (exact) mass is 463 g/mol. The van der Waals surface area contributed by atoms with E-state index in [1.54, 1.807) is 4.90 Å². The van der Waals surface area contributed by atoms with Crippen LogP contribution < -0.4 is 4.74 Å². The number of alkyl halides is 1. The van der Waals surface area contributed by atoms with Gasteiger partial charge in [0, 0.05) is 16.8 Å². The van der Waals surface area contributed by atoms with Gasteiger partial charge >= 0.3 is 6.09 Å². The van der Waals surface area contributed by atoms with Crippen molar-refractivity contribution in [2.75, 3.05) is 19.8 Å². The molecule has 0 saturated heterocycles. The van der Waals surface area contributed by atoms with Gasteiger partial charge < -0.3 is 14.4 Å². The van der Waals surface area contributed by atoms with Crippen LogP contribution in [0.15, 0.2) is 66.7 Å². The summed E-state index contributed by atoms with van der Waals surface area (Å²) in [6, 6.07) is 22.8. The number of benzene rings is 3. The summed E-state index contributed by atoms with van der Waals surface area (Å²) in [5.41, 5.74) is 7.07. The molecule has 3 aromatic rings. The molecule has 3 aromatic carbocycles. The topological polar surface area (TPSA) is 38.8 Å². The van der Waals surface area contributed by atoms with Gasteiger partial charge in [-0.15, -0.1) is 0 Å². The molecule has 1 heterocycles. The zero-order valence-corrected chi connectivity index (χ0v) is 18.1. The predicted octanol–water partition coefficient (Wildman–Crippen LogP) is 5.73. The lowest BCUT2D eigenvalue weighted by Gasteiger charge is -2.21. The second-order valence-corrected chi connectivity index (χ2v) is 8.21. The van der Waals surface area contributed by atoms with Gasteiger partial charge in [0.25, 0.3) is 0 Å². The van der Waals surface area contributed by atoms with E-state index >= 15 is 0 Å². The Morgan fingerprint density at radius 2 is 1.73 bits per heavy atom. The van der Waals surface area contributed by atoms with Gasteiger partial charge in [-0.05, 0) is 39.9 Å². The number of nitrogens with zero attached hydrogens (tertiary/aromatic N) is 1. The molecule has 0 aromatic heterocycles. The fourth-order valence-electron chi connectivity index (χ4n) is 4.37. The van der Waals surface area contributed by atoms with E-state index in [4.69, 9.17) is 9.47 Å². The maximum atomic E-state index is 12.9. The number of carbonyl (C=O) groups excluding carboxylic acids is 1. The number of hydrogen-bond acceptors (Lipinski definition) is 3. The second kappa shape index (κ2) is 8.15. The van der Waals surface area contributed by atoms with Crippen LogP contribution in [-0.4, -0.2) is 30.8 Å². The third-order valence-electron chi connectivity index (χ3n) is 5.85. The van der Waals surface area contributed by atoms with E-state index in [-0.39, 0.29) is 12.0 Å². The van der Waals surface area contributed by atoms with E-state index < -0.39 is 0 Å². The van der Waals surface area contributed by atoms with Crippen LogP contribution in [0.1, 0.15) is 28.2 Å². The first-order valence-electron chi connectivity index (χ1n) is 10.1. The van der Waals surface area contributed by atoms with E-state index in [1.165, 1.54) is 22.3 Å². The summed E-state index contributed by atoms with van der Waals surface area (Å²) in [4.78, 5) is 14.7. The van der Waals surface area contributed by atoms with Gasteiger partial charge in [-0.3, -0.25) is 0 Å². The van der Waals surface area contributed by atoms with Crippen LogP contribution in [0.5, 0.6) is 5.75 Å². The van der Waals surface area contributed by atoms with Crippen LogP contribution >= 0.6 is 15.9 Å². The molecule has 0 N–H and O–H groups in total. The number of halogens is 1. The summed E-state index contributed by atoms with van der Waals surface area (Å²) < 4.78 is 11.7. The predicted molar refractivity (Wildman–Crippen MR) is 120 cm³/mol. The van der Waals surface area contributed by atoms with E-state index in [0.717, 1.165) is 22.2 Å². The highest BCUT2D eigenvalue weighted by Gasteiger charge is 2.30. The number of carbonyl (C=O) groups is 1. The number of hydrogen-bond donors (Lipinski definition) is 0. The minimum atomic E-state index is -0.294. The highest BCUT2D eigenvalue weighted by atomic mass is 79.9. The minimum absolute atomic E-state index is 0.0665. The minimum Gasteiger partial charge on any atom is -0.491 e. The third-order valence-corrected chi connectivity index (χ3v) is 6.50. The van der Waals surface area contributed by atoms with E-state index in [2.05, 4.69) is 58.4 Å². The number of ether oxygens (including phenoxy) is 2. The summed E-state index contributed by atoms with van der Waals surface area (Å²) in [6.07, 6.45) is -0.294. The summed E-state index contributed by atoms with van der Waals surface area (Å²) in [6.45, 7) is 1.80. The van der Waals surface area contributed by atoms with E-state index in [9.17, 15) is 4.79 Å². The second-order valence-electron chi connectivity index (χ2n) is 7.65. The Bertz CT molecular complexity index is 1050. The molecule has 0 saturated carbocycles. The van der Waals surface area contributed by atoms with Gasteiger partial charge in [0.15, 0.2) is 0 Å². The lowest BCUT2D eigenvalue weighted by Crippen LogP contribution is -2.33.